The summed E-state index contributed by atoms with van der Waals surface area (Å²) in [5.41, 5.74) is -1.12. The van der Waals surface area contributed by atoms with Gasteiger partial charge in [-0.15, -0.1) is 4.91 Å². The van der Waals surface area contributed by atoms with Gasteiger partial charge in [-0.2, -0.15) is 0 Å². The Morgan fingerprint density at radius 2 is 2.29 bits per heavy atom. The number of aromatic amines is 2. The minimum absolute atomic E-state index is 0.108. The summed E-state index contributed by atoms with van der Waals surface area (Å²) >= 11 is 0. The van der Waals surface area contributed by atoms with Crippen molar-refractivity contribution < 1.29 is 9.53 Å². The van der Waals surface area contributed by atoms with Crippen molar-refractivity contribution in [2.45, 2.75) is 6.92 Å². The number of nitrogens with zero attached hydrogens (tertiary/aromatic N) is 1. The Balaban J connectivity index is 2.81. The van der Waals surface area contributed by atoms with Crippen LogP contribution < -0.4 is 10.9 Å². The molecule has 1 amide bonds. The molecule has 0 aliphatic heterocycles. The maximum absolute atomic E-state index is 10.9. The van der Waals surface area contributed by atoms with Gasteiger partial charge in [-0.25, -0.2) is 4.79 Å². The third-order valence-corrected chi connectivity index (χ3v) is 1.35. The fourth-order valence-corrected chi connectivity index (χ4v) is 0.798. The third kappa shape index (κ3) is 1.97. The zero-order valence-corrected chi connectivity index (χ0v) is 7.29. The average Bonchev–Trinajstić information content (AvgIpc) is 2.47. The molecular weight excluding hydrogens is 192 g/mol. The van der Waals surface area contributed by atoms with Gasteiger partial charge in [-0.05, 0) is 12.1 Å². The Labute approximate surface area is 77.6 Å². The molecule has 0 aliphatic carbocycles. The first-order valence-electron chi connectivity index (χ1n) is 3.76. The van der Waals surface area contributed by atoms with Crippen molar-refractivity contribution in [2.75, 3.05) is 11.9 Å². The largest absolute Gasteiger partial charge is 0.450 e. The first kappa shape index (κ1) is 9.96. The molecule has 0 saturated carbocycles. The molecule has 1 aromatic heterocycles. The van der Waals surface area contributed by atoms with Gasteiger partial charge in [0.25, 0.3) is 5.56 Å². The highest BCUT2D eigenvalue weighted by molar-refractivity contribution is 5.86. The summed E-state index contributed by atoms with van der Waals surface area (Å²) < 4.78 is 4.52. The van der Waals surface area contributed by atoms with Gasteiger partial charge in [0.2, 0.25) is 5.69 Å². The lowest BCUT2D eigenvalue weighted by Crippen LogP contribution is -2.13. The second kappa shape index (κ2) is 4.21. The van der Waals surface area contributed by atoms with Crippen LogP contribution in [0.5, 0.6) is 0 Å². The molecule has 0 aromatic carbocycles. The number of carbonyl (C=O) groups is 1. The lowest BCUT2D eigenvalue weighted by Gasteiger charge is -2.01. The highest BCUT2D eigenvalue weighted by Crippen LogP contribution is 2.15. The lowest BCUT2D eigenvalue weighted by molar-refractivity contribution is 0.168. The van der Waals surface area contributed by atoms with E-state index >= 15 is 0 Å². The summed E-state index contributed by atoms with van der Waals surface area (Å²) in [7, 11) is 0. The summed E-state index contributed by atoms with van der Waals surface area (Å²) in [4.78, 5) is 31.9. The van der Waals surface area contributed by atoms with Gasteiger partial charge in [-0.1, -0.05) is 0 Å². The fraction of sp³-hybridized carbons (Fsp3) is 0.333. The molecule has 0 aliphatic rings. The number of H-pyrrole nitrogens is 2. The molecule has 0 spiro atoms. The lowest BCUT2D eigenvalue weighted by atomic mass is 10.5. The second-order valence-corrected chi connectivity index (χ2v) is 2.24. The number of anilines is 1. The molecule has 1 aromatic rings. The molecule has 1 rings (SSSR count). The monoisotopic (exact) mass is 200 g/mol. The summed E-state index contributed by atoms with van der Waals surface area (Å²) in [5, 5.41) is 8.95. The molecule has 8 heteroatoms. The summed E-state index contributed by atoms with van der Waals surface area (Å²) in [6, 6.07) is 0. The van der Waals surface area contributed by atoms with Crippen molar-refractivity contribution in [1.29, 1.82) is 0 Å². The van der Waals surface area contributed by atoms with Crippen LogP contribution in [0.2, 0.25) is 0 Å². The molecule has 0 unspecified atom stereocenters. The van der Waals surface area contributed by atoms with E-state index in [-0.39, 0.29) is 12.4 Å². The third-order valence-electron chi connectivity index (χ3n) is 1.35. The van der Waals surface area contributed by atoms with E-state index in [1.54, 1.807) is 6.92 Å². The van der Waals surface area contributed by atoms with Gasteiger partial charge in [0, 0.05) is 0 Å². The van der Waals surface area contributed by atoms with Crippen molar-refractivity contribution in [3.63, 3.8) is 0 Å². The van der Waals surface area contributed by atoms with E-state index in [0.717, 1.165) is 0 Å². The zero-order valence-electron chi connectivity index (χ0n) is 7.29. The minimum atomic E-state index is -0.771. The van der Waals surface area contributed by atoms with E-state index in [9.17, 15) is 14.5 Å². The molecule has 1 heterocycles. The van der Waals surface area contributed by atoms with Crippen LogP contribution >= 0.6 is 0 Å². The summed E-state index contributed by atoms with van der Waals surface area (Å²) in [6.07, 6.45) is -0.771. The predicted octanol–water partition coefficient (Wildman–Crippen LogP) is 0.669. The van der Waals surface area contributed by atoms with Crippen LogP contribution in [0.3, 0.4) is 0 Å². The molecule has 0 bridgehead atoms. The molecule has 76 valence electrons. The SMILES string of the molecule is CCOC(=O)Nc1[nH][nH]c(=O)c1N=O. The highest BCUT2D eigenvalue weighted by atomic mass is 16.5. The minimum Gasteiger partial charge on any atom is -0.450 e. The molecule has 0 atom stereocenters. The quantitative estimate of drug-likeness (QED) is 0.621. The maximum Gasteiger partial charge on any atom is 0.412 e. The van der Waals surface area contributed by atoms with Crippen molar-refractivity contribution >= 4 is 17.6 Å². The molecule has 0 saturated heterocycles. The second-order valence-electron chi connectivity index (χ2n) is 2.24. The number of rotatable bonds is 3. The zero-order chi connectivity index (χ0) is 10.6. The Kier molecular flexibility index (Phi) is 3.00. The van der Waals surface area contributed by atoms with Gasteiger partial charge < -0.3 is 4.74 Å². The van der Waals surface area contributed by atoms with Crippen LogP contribution in [0, 0.1) is 4.91 Å². The van der Waals surface area contributed by atoms with Crippen molar-refractivity contribution in [3.05, 3.63) is 15.3 Å². The molecule has 0 fully saturated rings. The molecular formula is C6H8N4O4. The van der Waals surface area contributed by atoms with Crippen LogP contribution in [0.15, 0.2) is 9.97 Å². The van der Waals surface area contributed by atoms with Crippen LogP contribution in [0.1, 0.15) is 6.92 Å². The van der Waals surface area contributed by atoms with Crippen LogP contribution in [-0.2, 0) is 4.74 Å². The average molecular weight is 200 g/mol. The van der Waals surface area contributed by atoms with Gasteiger partial charge >= 0.3 is 6.09 Å². The number of aromatic nitrogens is 2. The Morgan fingerprint density at radius 3 is 2.86 bits per heavy atom. The van der Waals surface area contributed by atoms with Crippen molar-refractivity contribution in [2.24, 2.45) is 5.18 Å². The smallest absolute Gasteiger partial charge is 0.412 e. The number of ether oxygens (including phenoxy) is 1. The van der Waals surface area contributed by atoms with Gasteiger partial charge in [-0.3, -0.25) is 20.3 Å². The Hall–Kier alpha value is -2.12. The van der Waals surface area contributed by atoms with Crippen molar-refractivity contribution in [3.8, 4) is 0 Å². The topological polar surface area (TPSA) is 116 Å². The first-order valence-corrected chi connectivity index (χ1v) is 3.76. The van der Waals surface area contributed by atoms with Crippen LogP contribution in [0.25, 0.3) is 0 Å². The number of hydrogen-bond donors (Lipinski definition) is 3. The van der Waals surface area contributed by atoms with E-state index in [1.165, 1.54) is 0 Å². The van der Waals surface area contributed by atoms with E-state index in [1.807, 2.05) is 0 Å². The number of hydrogen-bond acceptors (Lipinski definition) is 5. The molecule has 0 radical (unpaired) electrons. The van der Waals surface area contributed by atoms with E-state index in [4.69, 9.17) is 0 Å². The molecule has 14 heavy (non-hydrogen) atoms. The molecule has 8 nitrogen and oxygen atoms in total. The van der Waals surface area contributed by atoms with E-state index in [2.05, 4.69) is 25.4 Å². The number of nitroso groups, excluding NO2 is 1. The molecule has 3 N–H and O–H groups in total. The van der Waals surface area contributed by atoms with Crippen LogP contribution in [-0.4, -0.2) is 22.9 Å². The number of nitrogens with one attached hydrogen (secondary N) is 3. The van der Waals surface area contributed by atoms with E-state index < -0.39 is 17.3 Å². The first-order chi connectivity index (χ1) is 6.69. The van der Waals surface area contributed by atoms with Gasteiger partial charge in [0.05, 0.1) is 6.61 Å². The summed E-state index contributed by atoms with van der Waals surface area (Å²) in [5.74, 6) is -0.108. The number of amides is 1. The highest BCUT2D eigenvalue weighted by Gasteiger charge is 2.13. The van der Waals surface area contributed by atoms with Gasteiger partial charge in [0.1, 0.15) is 0 Å². The normalized spacial score (nSPS) is 9.50. The summed E-state index contributed by atoms with van der Waals surface area (Å²) in [6.45, 7) is 1.81. The number of carbonyl (C=O) groups excluding carboxylic acids is 1. The Bertz CT molecular complexity index is 393. The predicted molar refractivity (Wildman–Crippen MR) is 47.5 cm³/mol. The van der Waals surface area contributed by atoms with Crippen LogP contribution in [0.4, 0.5) is 16.3 Å². The van der Waals surface area contributed by atoms with Crippen molar-refractivity contribution in [1.82, 2.24) is 10.2 Å². The van der Waals surface area contributed by atoms with Gasteiger partial charge in [0.15, 0.2) is 5.82 Å². The Morgan fingerprint density at radius 1 is 1.57 bits per heavy atom. The fourth-order valence-electron chi connectivity index (χ4n) is 0.798. The standard InChI is InChI=1S/C6H8N4O4/c1-2-14-6(12)7-4-3(10-13)5(11)9-8-4/h2H2,1H3,(H3,7,8,9,11,12). The van der Waals surface area contributed by atoms with E-state index in [0.29, 0.717) is 0 Å². The maximum atomic E-state index is 10.9.